The molecule has 1 aromatic heterocycles. The van der Waals surface area contributed by atoms with Crippen LogP contribution >= 0.6 is 0 Å². The van der Waals surface area contributed by atoms with Gasteiger partial charge in [-0.25, -0.2) is 4.79 Å². The van der Waals surface area contributed by atoms with Crippen molar-refractivity contribution in [1.82, 2.24) is 10.1 Å². The van der Waals surface area contributed by atoms with E-state index in [-0.39, 0.29) is 13.2 Å². The van der Waals surface area contributed by atoms with Gasteiger partial charge in [-0.05, 0) is 18.8 Å². The van der Waals surface area contributed by atoms with Gasteiger partial charge in [0.1, 0.15) is 13.2 Å². The van der Waals surface area contributed by atoms with Crippen LogP contribution in [0.25, 0.3) is 0 Å². The first-order valence-corrected chi connectivity index (χ1v) is 6.27. The largest absolute Gasteiger partial charge is 0.480 e. The topological polar surface area (TPSA) is 85.5 Å². The summed E-state index contributed by atoms with van der Waals surface area (Å²) in [6.07, 6.45) is 4.66. The number of hydrogen-bond donors (Lipinski definition) is 1. The molecule has 100 valence electrons. The highest BCUT2D eigenvalue weighted by Crippen LogP contribution is 2.34. The van der Waals surface area contributed by atoms with E-state index in [4.69, 9.17) is 14.4 Å². The third kappa shape index (κ3) is 3.53. The van der Waals surface area contributed by atoms with E-state index in [2.05, 4.69) is 17.1 Å². The summed E-state index contributed by atoms with van der Waals surface area (Å²) in [5.74, 6) is 1.15. The second kappa shape index (κ2) is 5.95. The summed E-state index contributed by atoms with van der Waals surface area (Å²) in [6.45, 7) is 1.95. The van der Waals surface area contributed by atoms with Crippen LogP contribution in [0.15, 0.2) is 4.52 Å². The first-order valence-electron chi connectivity index (χ1n) is 6.27. The van der Waals surface area contributed by atoms with E-state index >= 15 is 0 Å². The zero-order chi connectivity index (χ0) is 13.0. The molecule has 1 fully saturated rings. The first kappa shape index (κ1) is 13.0. The molecule has 1 aromatic rings. The Morgan fingerprint density at radius 3 is 3.11 bits per heavy atom. The predicted molar refractivity (Wildman–Crippen MR) is 62.0 cm³/mol. The molecule has 6 nitrogen and oxygen atoms in total. The van der Waals surface area contributed by atoms with Gasteiger partial charge in [0, 0.05) is 5.92 Å². The molecule has 2 unspecified atom stereocenters. The third-order valence-electron chi connectivity index (χ3n) is 3.24. The molecule has 1 heterocycles. The Bertz CT molecular complexity index is 405. The van der Waals surface area contributed by atoms with Gasteiger partial charge < -0.3 is 14.4 Å². The van der Waals surface area contributed by atoms with Crippen LogP contribution in [0.5, 0.6) is 0 Å². The van der Waals surface area contributed by atoms with E-state index in [1.165, 1.54) is 12.8 Å². The number of aromatic nitrogens is 2. The molecule has 0 spiro atoms. The van der Waals surface area contributed by atoms with E-state index in [0.29, 0.717) is 17.7 Å². The fourth-order valence-corrected chi connectivity index (χ4v) is 2.39. The fourth-order valence-electron chi connectivity index (χ4n) is 2.39. The molecule has 0 bridgehead atoms. The van der Waals surface area contributed by atoms with E-state index in [1.807, 2.05) is 0 Å². The summed E-state index contributed by atoms with van der Waals surface area (Å²) in [7, 11) is 0. The van der Waals surface area contributed by atoms with Crippen molar-refractivity contribution in [2.24, 2.45) is 5.92 Å². The summed E-state index contributed by atoms with van der Waals surface area (Å²) in [5, 5.41) is 12.4. The van der Waals surface area contributed by atoms with Crippen molar-refractivity contribution in [2.45, 2.75) is 45.1 Å². The zero-order valence-electron chi connectivity index (χ0n) is 10.5. The maximum absolute atomic E-state index is 10.3. The maximum Gasteiger partial charge on any atom is 0.329 e. The minimum atomic E-state index is -1.00. The lowest BCUT2D eigenvalue weighted by Gasteiger charge is -2.23. The molecule has 0 radical (unpaired) electrons. The number of aliphatic carboxylic acids is 1. The molecular weight excluding hydrogens is 236 g/mol. The number of ether oxygens (including phenoxy) is 1. The van der Waals surface area contributed by atoms with Gasteiger partial charge in [-0.1, -0.05) is 24.9 Å². The number of rotatable bonds is 5. The van der Waals surface area contributed by atoms with Crippen molar-refractivity contribution in [2.75, 3.05) is 6.61 Å². The monoisotopic (exact) mass is 254 g/mol. The average Bonchev–Trinajstić information content (AvgIpc) is 2.77. The van der Waals surface area contributed by atoms with E-state index in [1.54, 1.807) is 0 Å². The molecule has 2 atom stereocenters. The second-order valence-corrected chi connectivity index (χ2v) is 4.90. The molecule has 0 amide bonds. The minimum Gasteiger partial charge on any atom is -0.480 e. The van der Waals surface area contributed by atoms with Crippen molar-refractivity contribution in [3.63, 3.8) is 0 Å². The fraction of sp³-hybridized carbons (Fsp3) is 0.750. The van der Waals surface area contributed by atoms with Crippen LogP contribution in [0, 0.1) is 5.92 Å². The van der Waals surface area contributed by atoms with Crippen molar-refractivity contribution in [3.8, 4) is 0 Å². The Morgan fingerprint density at radius 2 is 2.39 bits per heavy atom. The molecule has 18 heavy (non-hydrogen) atoms. The molecule has 0 saturated heterocycles. The summed E-state index contributed by atoms with van der Waals surface area (Å²) in [6, 6.07) is 0. The van der Waals surface area contributed by atoms with Gasteiger partial charge in [0.15, 0.2) is 5.82 Å². The Kier molecular flexibility index (Phi) is 4.30. The third-order valence-corrected chi connectivity index (χ3v) is 3.24. The SMILES string of the molecule is CC1CCCC(c2noc(COCC(=O)O)n2)C1. The zero-order valence-corrected chi connectivity index (χ0v) is 10.5. The van der Waals surface area contributed by atoms with Crippen molar-refractivity contribution < 1.29 is 19.2 Å². The first-order chi connectivity index (χ1) is 8.65. The normalized spacial score (nSPS) is 24.1. The van der Waals surface area contributed by atoms with Gasteiger partial charge in [0.25, 0.3) is 5.89 Å². The van der Waals surface area contributed by atoms with Gasteiger partial charge in [0.2, 0.25) is 0 Å². The van der Waals surface area contributed by atoms with Gasteiger partial charge in [-0.3, -0.25) is 0 Å². The van der Waals surface area contributed by atoms with E-state index in [9.17, 15) is 4.79 Å². The molecule has 1 aliphatic carbocycles. The highest BCUT2D eigenvalue weighted by Gasteiger charge is 2.24. The maximum atomic E-state index is 10.3. The number of nitrogens with zero attached hydrogens (tertiary/aromatic N) is 2. The van der Waals surface area contributed by atoms with Gasteiger partial charge in [-0.2, -0.15) is 4.98 Å². The summed E-state index contributed by atoms with van der Waals surface area (Å²) >= 11 is 0. The lowest BCUT2D eigenvalue weighted by Crippen LogP contribution is -2.13. The highest BCUT2D eigenvalue weighted by atomic mass is 16.5. The van der Waals surface area contributed by atoms with Crippen molar-refractivity contribution in [3.05, 3.63) is 11.7 Å². The molecule has 2 rings (SSSR count). The summed E-state index contributed by atoms with van der Waals surface area (Å²) < 4.78 is 9.96. The van der Waals surface area contributed by atoms with Crippen LogP contribution in [0.4, 0.5) is 0 Å². The second-order valence-electron chi connectivity index (χ2n) is 4.90. The lowest BCUT2D eigenvalue weighted by atomic mass is 9.82. The van der Waals surface area contributed by atoms with Crippen molar-refractivity contribution in [1.29, 1.82) is 0 Å². The van der Waals surface area contributed by atoms with Crippen LogP contribution in [0.2, 0.25) is 0 Å². The quantitative estimate of drug-likeness (QED) is 0.864. The molecular formula is C12H18N2O4. The Hall–Kier alpha value is -1.43. The Labute approximate surface area is 105 Å². The molecule has 1 N–H and O–H groups in total. The smallest absolute Gasteiger partial charge is 0.329 e. The van der Waals surface area contributed by atoms with E-state index < -0.39 is 5.97 Å². The average molecular weight is 254 g/mol. The van der Waals surface area contributed by atoms with Crippen LogP contribution in [-0.4, -0.2) is 27.8 Å². The predicted octanol–water partition coefficient (Wildman–Crippen LogP) is 1.96. The molecule has 6 heteroatoms. The van der Waals surface area contributed by atoms with Crippen LogP contribution in [0.3, 0.4) is 0 Å². The molecule has 1 saturated carbocycles. The van der Waals surface area contributed by atoms with Gasteiger partial charge in [0.05, 0.1) is 0 Å². The molecule has 1 aliphatic rings. The minimum absolute atomic E-state index is 0.0571. The van der Waals surface area contributed by atoms with Crippen molar-refractivity contribution >= 4 is 5.97 Å². The highest BCUT2D eigenvalue weighted by molar-refractivity contribution is 5.67. The summed E-state index contributed by atoms with van der Waals surface area (Å²) in [4.78, 5) is 14.6. The number of hydrogen-bond acceptors (Lipinski definition) is 5. The summed E-state index contributed by atoms with van der Waals surface area (Å²) in [5.41, 5.74) is 0. The molecule has 0 aromatic carbocycles. The molecule has 0 aliphatic heterocycles. The number of carboxylic acids is 1. The number of carboxylic acid groups (broad SMARTS) is 1. The van der Waals surface area contributed by atoms with Gasteiger partial charge in [-0.15, -0.1) is 0 Å². The van der Waals surface area contributed by atoms with Crippen LogP contribution < -0.4 is 0 Å². The van der Waals surface area contributed by atoms with Crippen LogP contribution in [-0.2, 0) is 16.1 Å². The Morgan fingerprint density at radius 1 is 1.56 bits per heavy atom. The van der Waals surface area contributed by atoms with Gasteiger partial charge >= 0.3 is 5.97 Å². The van der Waals surface area contributed by atoms with Crippen LogP contribution in [0.1, 0.15) is 50.2 Å². The number of carbonyl (C=O) groups is 1. The Balaban J connectivity index is 1.87. The lowest BCUT2D eigenvalue weighted by molar-refractivity contribution is -0.142. The standard InChI is InChI=1S/C12H18N2O4/c1-8-3-2-4-9(5-8)12-13-10(18-14-12)6-17-7-11(15)16/h8-9H,2-7H2,1H3,(H,15,16). The van der Waals surface area contributed by atoms with E-state index in [0.717, 1.165) is 18.7 Å².